The molecule has 2 aliphatic rings. The SMILES string of the molecule is C[C@H]1COCCN1c1cc(C2(S(C)(O)O)CC2)nc(-c2ccc(NC(=O)NCC(F)F)cc2)n1. The number of halogens is 2. The number of aromatic nitrogens is 2. The molecule has 0 spiro atoms. The number of carbonyl (C=O) groups excluding carboxylic acids is 1. The van der Waals surface area contributed by atoms with E-state index in [1.807, 2.05) is 13.0 Å². The van der Waals surface area contributed by atoms with Crippen molar-refractivity contribution in [1.29, 1.82) is 0 Å². The Labute approximate surface area is 198 Å². The van der Waals surface area contributed by atoms with Crippen LogP contribution in [-0.4, -0.2) is 70.1 Å². The monoisotopic (exact) mass is 497 g/mol. The third-order valence-electron chi connectivity index (χ3n) is 6.10. The average molecular weight is 498 g/mol. The van der Waals surface area contributed by atoms with E-state index in [0.717, 1.165) is 0 Å². The van der Waals surface area contributed by atoms with Crippen molar-refractivity contribution in [3.63, 3.8) is 0 Å². The Hall–Kier alpha value is -2.54. The molecule has 2 aromatic rings. The first-order valence-electron chi connectivity index (χ1n) is 11.0. The lowest BCUT2D eigenvalue weighted by Crippen LogP contribution is -2.44. The maximum atomic E-state index is 12.3. The van der Waals surface area contributed by atoms with E-state index in [4.69, 9.17) is 14.7 Å². The zero-order valence-electron chi connectivity index (χ0n) is 19.0. The number of ether oxygens (including phenoxy) is 1. The number of anilines is 2. The van der Waals surface area contributed by atoms with Crippen LogP contribution in [-0.2, 0) is 9.48 Å². The lowest BCUT2D eigenvalue weighted by Gasteiger charge is -2.38. The lowest BCUT2D eigenvalue weighted by atomic mass is 10.1. The van der Waals surface area contributed by atoms with Crippen molar-refractivity contribution in [2.75, 3.05) is 42.8 Å². The minimum atomic E-state index is -2.88. The number of carbonyl (C=O) groups is 1. The zero-order valence-corrected chi connectivity index (χ0v) is 19.8. The Bertz CT molecular complexity index is 1030. The minimum absolute atomic E-state index is 0.0971. The van der Waals surface area contributed by atoms with Gasteiger partial charge in [-0.25, -0.2) is 23.5 Å². The number of hydrogen-bond acceptors (Lipinski definition) is 7. The van der Waals surface area contributed by atoms with Gasteiger partial charge in [0.2, 0.25) is 0 Å². The molecule has 1 aromatic carbocycles. The largest absolute Gasteiger partial charge is 0.377 e. The molecule has 1 aromatic heterocycles. The van der Waals surface area contributed by atoms with Crippen LogP contribution in [0.3, 0.4) is 0 Å². The predicted molar refractivity (Wildman–Crippen MR) is 128 cm³/mol. The van der Waals surface area contributed by atoms with Crippen molar-refractivity contribution < 1.29 is 27.4 Å². The van der Waals surface area contributed by atoms with Gasteiger partial charge in [-0.3, -0.25) is 9.11 Å². The molecule has 1 aliphatic heterocycles. The van der Waals surface area contributed by atoms with Gasteiger partial charge in [0.15, 0.2) is 5.82 Å². The Balaban J connectivity index is 1.64. The van der Waals surface area contributed by atoms with E-state index in [2.05, 4.69) is 15.5 Å². The summed E-state index contributed by atoms with van der Waals surface area (Å²) in [5.74, 6) is 1.12. The molecule has 1 saturated heterocycles. The fraction of sp³-hybridized carbons (Fsp3) is 0.500. The summed E-state index contributed by atoms with van der Waals surface area (Å²) in [6.07, 6.45) is 0.101. The van der Waals surface area contributed by atoms with Crippen LogP contribution in [0.2, 0.25) is 0 Å². The van der Waals surface area contributed by atoms with Crippen LogP contribution in [0.15, 0.2) is 30.3 Å². The van der Waals surface area contributed by atoms with E-state index >= 15 is 0 Å². The maximum Gasteiger partial charge on any atom is 0.319 e. The van der Waals surface area contributed by atoms with Gasteiger partial charge in [0.25, 0.3) is 6.43 Å². The van der Waals surface area contributed by atoms with Gasteiger partial charge in [0, 0.05) is 30.1 Å². The molecule has 2 fully saturated rings. The summed E-state index contributed by atoms with van der Waals surface area (Å²) in [5, 5.41) is 4.59. The van der Waals surface area contributed by atoms with Gasteiger partial charge in [0.1, 0.15) is 10.6 Å². The summed E-state index contributed by atoms with van der Waals surface area (Å²) in [7, 11) is -2.88. The van der Waals surface area contributed by atoms with Crippen LogP contribution in [0, 0.1) is 0 Å². The molecule has 12 heteroatoms. The van der Waals surface area contributed by atoms with E-state index in [1.165, 1.54) is 6.26 Å². The number of morpholine rings is 1. The molecule has 34 heavy (non-hydrogen) atoms. The summed E-state index contributed by atoms with van der Waals surface area (Å²) in [6.45, 7) is 3.10. The third kappa shape index (κ3) is 5.24. The summed E-state index contributed by atoms with van der Waals surface area (Å²) >= 11 is 0. The highest BCUT2D eigenvalue weighted by atomic mass is 32.3. The number of hydrogen-bond donors (Lipinski definition) is 4. The molecule has 1 atom stereocenters. The van der Waals surface area contributed by atoms with Gasteiger partial charge in [-0.05, 0) is 44.0 Å². The van der Waals surface area contributed by atoms with Gasteiger partial charge >= 0.3 is 6.03 Å². The molecule has 4 rings (SSSR count). The number of alkyl halides is 2. The van der Waals surface area contributed by atoms with E-state index in [0.29, 0.717) is 61.2 Å². The van der Waals surface area contributed by atoms with E-state index in [-0.39, 0.29) is 6.04 Å². The zero-order chi connectivity index (χ0) is 24.5. The molecule has 2 amide bonds. The highest BCUT2D eigenvalue weighted by Crippen LogP contribution is 2.69. The number of rotatable bonds is 7. The fourth-order valence-corrected chi connectivity index (χ4v) is 5.39. The number of nitrogens with zero attached hydrogens (tertiary/aromatic N) is 3. The fourth-order valence-electron chi connectivity index (χ4n) is 4.01. The van der Waals surface area contributed by atoms with Gasteiger partial charge in [-0.15, -0.1) is 0 Å². The minimum Gasteiger partial charge on any atom is -0.377 e. The van der Waals surface area contributed by atoms with Crippen molar-refractivity contribution in [3.05, 3.63) is 36.0 Å². The smallest absolute Gasteiger partial charge is 0.319 e. The summed E-state index contributed by atoms with van der Waals surface area (Å²) in [4.78, 5) is 23.3. The highest BCUT2D eigenvalue weighted by Gasteiger charge is 2.55. The van der Waals surface area contributed by atoms with Crippen LogP contribution in [0.4, 0.5) is 25.1 Å². The van der Waals surface area contributed by atoms with Gasteiger partial charge in [-0.1, -0.05) is 0 Å². The first-order chi connectivity index (χ1) is 16.1. The number of urea groups is 1. The van der Waals surface area contributed by atoms with Crippen molar-refractivity contribution >= 4 is 28.1 Å². The lowest BCUT2D eigenvalue weighted by molar-refractivity contribution is 0.0985. The second-order valence-corrected chi connectivity index (χ2v) is 11.1. The number of amides is 2. The third-order valence-corrected chi connectivity index (χ3v) is 8.20. The Morgan fingerprint density at radius 2 is 2.00 bits per heavy atom. The topological polar surface area (TPSA) is 120 Å². The van der Waals surface area contributed by atoms with E-state index < -0.39 is 34.3 Å². The molecule has 2 heterocycles. The quantitative estimate of drug-likeness (QED) is 0.454. The molecule has 4 N–H and O–H groups in total. The summed E-state index contributed by atoms with van der Waals surface area (Å²) < 4.78 is 50.3. The van der Waals surface area contributed by atoms with Gasteiger partial charge < -0.3 is 20.3 Å². The molecular weight excluding hydrogens is 468 g/mol. The highest BCUT2D eigenvalue weighted by molar-refractivity contribution is 8.24. The summed E-state index contributed by atoms with van der Waals surface area (Å²) in [5.41, 5.74) is 1.70. The van der Waals surface area contributed by atoms with Crippen LogP contribution in [0.5, 0.6) is 0 Å². The van der Waals surface area contributed by atoms with Gasteiger partial charge in [0.05, 0.1) is 31.5 Å². The molecule has 0 radical (unpaired) electrons. The van der Waals surface area contributed by atoms with Crippen molar-refractivity contribution in [3.8, 4) is 11.4 Å². The predicted octanol–water partition coefficient (Wildman–Crippen LogP) is 4.12. The van der Waals surface area contributed by atoms with Crippen molar-refractivity contribution in [2.24, 2.45) is 0 Å². The van der Waals surface area contributed by atoms with E-state index in [1.54, 1.807) is 24.3 Å². The standard InChI is InChI=1S/C22H29F2N5O4S/c1-14-13-33-10-9-29(14)19-11-17(22(7-8-22)34(2,31)32)27-20(28-19)15-3-5-16(6-4-15)26-21(30)25-12-18(23)24/h3-6,11,14,18,31-32H,7-10,12-13H2,1-2H3,(H2,25,26,30)/t14-/m0/s1. The summed E-state index contributed by atoms with van der Waals surface area (Å²) in [6, 6.07) is 7.92. The van der Waals surface area contributed by atoms with Crippen molar-refractivity contribution in [2.45, 2.75) is 37.0 Å². The van der Waals surface area contributed by atoms with Crippen LogP contribution < -0.4 is 15.5 Å². The van der Waals surface area contributed by atoms with Gasteiger partial charge in [-0.2, -0.15) is 10.6 Å². The Kier molecular flexibility index (Phi) is 6.94. The normalized spacial score (nSPS) is 20.2. The maximum absolute atomic E-state index is 12.3. The van der Waals surface area contributed by atoms with Crippen LogP contribution in [0.1, 0.15) is 25.5 Å². The van der Waals surface area contributed by atoms with Crippen LogP contribution in [0.25, 0.3) is 11.4 Å². The molecular formula is C22H29F2N5O4S. The van der Waals surface area contributed by atoms with E-state index in [9.17, 15) is 22.7 Å². The first kappa shape index (κ1) is 24.6. The average Bonchev–Trinajstić information content (AvgIpc) is 3.61. The molecule has 1 saturated carbocycles. The first-order valence-corrected chi connectivity index (χ1v) is 12.9. The second kappa shape index (κ2) is 9.61. The molecule has 0 unspecified atom stereocenters. The molecule has 1 aliphatic carbocycles. The molecule has 0 bridgehead atoms. The molecule has 186 valence electrons. The second-order valence-electron chi connectivity index (χ2n) is 8.68. The Morgan fingerprint density at radius 1 is 1.29 bits per heavy atom. The van der Waals surface area contributed by atoms with Crippen molar-refractivity contribution in [1.82, 2.24) is 15.3 Å². The molecule has 9 nitrogen and oxygen atoms in total. The number of nitrogens with one attached hydrogen (secondary N) is 2. The number of benzene rings is 1. The Morgan fingerprint density at radius 3 is 2.59 bits per heavy atom. The van der Waals surface area contributed by atoms with Crippen LogP contribution >= 0.6 is 10.6 Å².